The maximum atomic E-state index is 12.9. The standard InChI is InChI=1S/C24H21ClN2O4/c1-4-7-17-13-16(15-21(30-6-3)22(17)31-12-5-2)14-20-23(28)27(24(29)26-20)19-10-8-18(25)9-11-19/h2,4,8-11,13-15H,1,6-7,12H2,3H3,(H,26,29)/b20-14+. The van der Waals surface area contributed by atoms with Gasteiger partial charge in [0.05, 0.1) is 12.3 Å². The Balaban J connectivity index is 1.99. The minimum Gasteiger partial charge on any atom is -0.490 e. The van der Waals surface area contributed by atoms with Crippen molar-refractivity contribution in [2.75, 3.05) is 18.1 Å². The molecule has 3 rings (SSSR count). The van der Waals surface area contributed by atoms with Crippen molar-refractivity contribution in [1.29, 1.82) is 0 Å². The van der Waals surface area contributed by atoms with Crippen molar-refractivity contribution in [3.05, 3.63) is 70.9 Å². The van der Waals surface area contributed by atoms with Gasteiger partial charge in [0, 0.05) is 10.6 Å². The molecule has 0 aliphatic carbocycles. The molecule has 0 aromatic heterocycles. The zero-order valence-corrected chi connectivity index (χ0v) is 17.7. The smallest absolute Gasteiger partial charge is 0.333 e. The number of ether oxygens (including phenoxy) is 2. The molecule has 158 valence electrons. The van der Waals surface area contributed by atoms with Gasteiger partial charge in [-0.1, -0.05) is 23.6 Å². The lowest BCUT2D eigenvalue weighted by molar-refractivity contribution is -0.113. The fourth-order valence-electron chi connectivity index (χ4n) is 3.14. The molecular weight excluding hydrogens is 416 g/mol. The number of hydrogen-bond donors (Lipinski definition) is 1. The van der Waals surface area contributed by atoms with Crippen molar-refractivity contribution in [3.63, 3.8) is 0 Å². The van der Waals surface area contributed by atoms with Crippen molar-refractivity contribution in [2.45, 2.75) is 13.3 Å². The van der Waals surface area contributed by atoms with Crippen LogP contribution in [-0.2, 0) is 11.2 Å². The summed E-state index contributed by atoms with van der Waals surface area (Å²) in [6, 6.07) is 9.48. The highest BCUT2D eigenvalue weighted by Crippen LogP contribution is 2.35. The predicted octanol–water partition coefficient (Wildman–Crippen LogP) is 4.58. The number of nitrogens with one attached hydrogen (secondary N) is 1. The molecule has 1 saturated heterocycles. The summed E-state index contributed by atoms with van der Waals surface area (Å²) in [5.41, 5.74) is 2.03. The fraction of sp³-hybridized carbons (Fsp3) is 0.167. The van der Waals surface area contributed by atoms with Crippen molar-refractivity contribution >= 4 is 35.3 Å². The van der Waals surface area contributed by atoms with Crippen LogP contribution in [0.1, 0.15) is 18.1 Å². The fourth-order valence-corrected chi connectivity index (χ4v) is 3.27. The number of allylic oxidation sites excluding steroid dienone is 1. The summed E-state index contributed by atoms with van der Waals surface area (Å²) < 4.78 is 11.4. The van der Waals surface area contributed by atoms with E-state index in [0.717, 1.165) is 10.5 Å². The second kappa shape index (κ2) is 9.88. The number of carbonyl (C=O) groups excluding carboxylic acids is 2. The molecule has 31 heavy (non-hydrogen) atoms. The van der Waals surface area contributed by atoms with Crippen LogP contribution in [0.5, 0.6) is 11.5 Å². The highest BCUT2D eigenvalue weighted by molar-refractivity contribution is 6.31. The van der Waals surface area contributed by atoms with Crippen LogP contribution in [0.15, 0.2) is 54.8 Å². The number of carbonyl (C=O) groups is 2. The summed E-state index contributed by atoms with van der Waals surface area (Å²) in [4.78, 5) is 26.4. The number of anilines is 1. The summed E-state index contributed by atoms with van der Waals surface area (Å²) in [7, 11) is 0. The van der Waals surface area contributed by atoms with Crippen LogP contribution in [-0.4, -0.2) is 25.2 Å². The van der Waals surface area contributed by atoms with Gasteiger partial charge in [0.15, 0.2) is 11.5 Å². The van der Waals surface area contributed by atoms with Gasteiger partial charge in [0.2, 0.25) is 0 Å². The van der Waals surface area contributed by atoms with Gasteiger partial charge >= 0.3 is 6.03 Å². The summed E-state index contributed by atoms with van der Waals surface area (Å²) in [5, 5.41) is 3.12. The molecule has 0 bridgehead atoms. The molecule has 1 fully saturated rings. The molecule has 3 amide bonds. The Morgan fingerprint density at radius 3 is 2.61 bits per heavy atom. The van der Waals surface area contributed by atoms with Crippen LogP contribution >= 0.6 is 11.6 Å². The molecule has 0 atom stereocenters. The largest absolute Gasteiger partial charge is 0.490 e. The highest BCUT2D eigenvalue weighted by Gasteiger charge is 2.34. The number of urea groups is 1. The van der Waals surface area contributed by atoms with E-state index in [1.54, 1.807) is 42.5 Å². The SMILES string of the molecule is C#CCOc1c(CC=C)cc(/C=C2/NC(=O)N(c3ccc(Cl)cc3)C2=O)cc1OCC. The first-order chi connectivity index (χ1) is 15.0. The number of nitrogens with zero attached hydrogens (tertiary/aromatic N) is 1. The lowest BCUT2D eigenvalue weighted by Crippen LogP contribution is -2.30. The number of rotatable bonds is 8. The summed E-state index contributed by atoms with van der Waals surface area (Å²) >= 11 is 5.90. The van der Waals surface area contributed by atoms with Gasteiger partial charge in [0.25, 0.3) is 5.91 Å². The third-order valence-corrected chi connectivity index (χ3v) is 4.64. The number of halogens is 1. The highest BCUT2D eigenvalue weighted by atomic mass is 35.5. The van der Waals surface area contributed by atoms with Crippen LogP contribution < -0.4 is 19.7 Å². The first-order valence-corrected chi connectivity index (χ1v) is 9.95. The van der Waals surface area contributed by atoms with E-state index in [2.05, 4.69) is 17.8 Å². The number of imide groups is 1. The summed E-state index contributed by atoms with van der Waals surface area (Å²) in [6.07, 6.45) is 9.16. The van der Waals surface area contributed by atoms with Gasteiger partial charge in [-0.05, 0) is 61.4 Å². The van der Waals surface area contributed by atoms with E-state index < -0.39 is 11.9 Å². The van der Waals surface area contributed by atoms with Gasteiger partial charge in [-0.2, -0.15) is 0 Å². The maximum absolute atomic E-state index is 12.9. The Morgan fingerprint density at radius 2 is 1.97 bits per heavy atom. The Hall–Kier alpha value is -3.69. The number of hydrogen-bond acceptors (Lipinski definition) is 4. The third kappa shape index (κ3) is 4.90. The van der Waals surface area contributed by atoms with Gasteiger partial charge in [-0.25, -0.2) is 9.69 Å². The third-order valence-electron chi connectivity index (χ3n) is 4.39. The first kappa shape index (κ1) is 22.0. The van der Waals surface area contributed by atoms with E-state index in [-0.39, 0.29) is 12.3 Å². The van der Waals surface area contributed by atoms with Crippen molar-refractivity contribution in [2.24, 2.45) is 0 Å². The molecule has 2 aromatic carbocycles. The molecule has 7 heteroatoms. The molecule has 0 spiro atoms. The molecule has 1 N–H and O–H groups in total. The van der Waals surface area contributed by atoms with Gasteiger partial charge < -0.3 is 14.8 Å². The molecule has 1 heterocycles. The zero-order valence-electron chi connectivity index (χ0n) is 17.0. The van der Waals surface area contributed by atoms with Crippen molar-refractivity contribution in [3.8, 4) is 23.8 Å². The average Bonchev–Trinajstić information content (AvgIpc) is 3.01. The van der Waals surface area contributed by atoms with E-state index in [0.29, 0.717) is 40.8 Å². The van der Waals surface area contributed by atoms with E-state index in [1.807, 2.05) is 13.0 Å². The molecule has 0 saturated carbocycles. The molecule has 1 aliphatic rings. The van der Waals surface area contributed by atoms with Gasteiger partial charge in [-0.3, -0.25) is 4.79 Å². The zero-order chi connectivity index (χ0) is 22.4. The lowest BCUT2D eigenvalue weighted by Gasteiger charge is -2.15. The van der Waals surface area contributed by atoms with Crippen LogP contribution in [0.4, 0.5) is 10.5 Å². The van der Waals surface area contributed by atoms with Gasteiger partial charge in [-0.15, -0.1) is 13.0 Å². The van der Waals surface area contributed by atoms with E-state index in [4.69, 9.17) is 27.5 Å². The second-order valence-electron chi connectivity index (χ2n) is 6.53. The Bertz CT molecular complexity index is 1080. The minimum absolute atomic E-state index is 0.0925. The number of terminal acetylenes is 1. The Labute approximate surface area is 186 Å². The second-order valence-corrected chi connectivity index (χ2v) is 6.97. The van der Waals surface area contributed by atoms with Crippen molar-refractivity contribution in [1.82, 2.24) is 5.32 Å². The molecular formula is C24H21ClN2O4. The van der Waals surface area contributed by atoms with E-state index in [1.165, 1.54) is 0 Å². The summed E-state index contributed by atoms with van der Waals surface area (Å²) in [5.74, 6) is 3.00. The lowest BCUT2D eigenvalue weighted by atomic mass is 10.0. The predicted molar refractivity (Wildman–Crippen MR) is 121 cm³/mol. The summed E-state index contributed by atoms with van der Waals surface area (Å²) in [6.45, 7) is 6.14. The van der Waals surface area contributed by atoms with Crippen LogP contribution in [0.25, 0.3) is 6.08 Å². The number of benzene rings is 2. The van der Waals surface area contributed by atoms with Crippen LogP contribution in [0.3, 0.4) is 0 Å². The Kier molecular flexibility index (Phi) is 7.01. The molecule has 0 radical (unpaired) electrons. The average molecular weight is 437 g/mol. The molecule has 6 nitrogen and oxygen atoms in total. The maximum Gasteiger partial charge on any atom is 0.333 e. The number of amides is 3. The Morgan fingerprint density at radius 1 is 1.23 bits per heavy atom. The van der Waals surface area contributed by atoms with Gasteiger partial charge in [0.1, 0.15) is 12.3 Å². The normalized spacial score (nSPS) is 14.4. The monoisotopic (exact) mass is 436 g/mol. The quantitative estimate of drug-likeness (QED) is 0.285. The minimum atomic E-state index is -0.538. The van der Waals surface area contributed by atoms with Crippen LogP contribution in [0.2, 0.25) is 5.02 Å². The molecule has 1 aliphatic heterocycles. The molecule has 2 aromatic rings. The van der Waals surface area contributed by atoms with E-state index in [9.17, 15) is 9.59 Å². The molecule has 0 unspecified atom stereocenters. The first-order valence-electron chi connectivity index (χ1n) is 9.58. The van der Waals surface area contributed by atoms with Crippen LogP contribution in [0, 0.1) is 12.3 Å². The van der Waals surface area contributed by atoms with Crippen molar-refractivity contribution < 1.29 is 19.1 Å². The topological polar surface area (TPSA) is 67.9 Å². The van der Waals surface area contributed by atoms with E-state index >= 15 is 0 Å².